The number of hydrogen-bond acceptors (Lipinski definition) is 4. The van der Waals surface area contributed by atoms with Crippen molar-refractivity contribution < 1.29 is 14.2 Å². The predicted molar refractivity (Wildman–Crippen MR) is 125 cm³/mol. The van der Waals surface area contributed by atoms with Gasteiger partial charge in [0.15, 0.2) is 4.62 Å². The van der Waals surface area contributed by atoms with Crippen molar-refractivity contribution in [2.24, 2.45) is 0 Å². The van der Waals surface area contributed by atoms with E-state index in [0.29, 0.717) is 27.9 Å². The first-order valence-electron chi connectivity index (χ1n) is 9.77. The van der Waals surface area contributed by atoms with Crippen LogP contribution in [-0.4, -0.2) is 5.11 Å². The van der Waals surface area contributed by atoms with Crippen molar-refractivity contribution in [3.8, 4) is 22.6 Å². The molecule has 1 aliphatic rings. The van der Waals surface area contributed by atoms with E-state index in [2.05, 4.69) is 0 Å². The van der Waals surface area contributed by atoms with E-state index in [1.165, 1.54) is 12.1 Å². The highest BCUT2D eigenvalue weighted by atomic mass is 35.5. The lowest BCUT2D eigenvalue weighted by molar-refractivity contribution is 0.472. The maximum absolute atomic E-state index is 15.0. The highest BCUT2D eigenvalue weighted by Gasteiger charge is 2.56. The Balaban J connectivity index is 1.84. The van der Waals surface area contributed by atoms with Crippen LogP contribution in [-0.2, 0) is 9.18 Å². The monoisotopic (exact) mass is 447 g/mol. The summed E-state index contributed by atoms with van der Waals surface area (Å²) in [6.45, 7) is 0. The molecule has 3 N–H and O–H groups in total. The highest BCUT2D eigenvalue weighted by molar-refractivity contribution is 7.70. The molecule has 154 valence electrons. The van der Waals surface area contributed by atoms with E-state index in [1.807, 2.05) is 36.4 Å². The second-order valence-electron chi connectivity index (χ2n) is 7.45. The summed E-state index contributed by atoms with van der Waals surface area (Å²) < 4.78 is 19.7. The number of nitrogen functional groups attached to an aromatic ring is 1. The average molecular weight is 448 g/mol. The SMILES string of the molecule is Nc1ccc(C(Cl)(c2ccc(O)cc2)P2(=O)Oc3ccccc3-c3ccccc32)cc1. The Morgan fingerprint density at radius 1 is 0.774 bits per heavy atom. The van der Waals surface area contributed by atoms with E-state index in [-0.39, 0.29) is 5.75 Å². The molecule has 31 heavy (non-hydrogen) atoms. The van der Waals surface area contributed by atoms with Crippen LogP contribution in [0.3, 0.4) is 0 Å². The van der Waals surface area contributed by atoms with Gasteiger partial charge in [-0.15, -0.1) is 0 Å². The van der Waals surface area contributed by atoms with Gasteiger partial charge in [-0.25, -0.2) is 0 Å². The zero-order valence-corrected chi connectivity index (χ0v) is 18.1. The van der Waals surface area contributed by atoms with Crippen molar-refractivity contribution in [2.45, 2.75) is 4.62 Å². The van der Waals surface area contributed by atoms with Gasteiger partial charge >= 0.3 is 7.37 Å². The number of rotatable bonds is 3. The van der Waals surface area contributed by atoms with Crippen molar-refractivity contribution >= 4 is 30.0 Å². The van der Waals surface area contributed by atoms with E-state index in [9.17, 15) is 9.67 Å². The summed E-state index contributed by atoms with van der Waals surface area (Å²) >= 11 is 7.40. The summed E-state index contributed by atoms with van der Waals surface area (Å²) in [6, 6.07) is 28.4. The smallest absolute Gasteiger partial charge is 0.307 e. The molecule has 0 bridgehead atoms. The Labute approximate surface area is 185 Å². The third-order valence-electron chi connectivity index (χ3n) is 5.57. The maximum Gasteiger partial charge on any atom is 0.307 e. The largest absolute Gasteiger partial charge is 0.508 e. The van der Waals surface area contributed by atoms with E-state index in [0.717, 1.165) is 11.1 Å². The molecule has 1 heterocycles. The first-order chi connectivity index (χ1) is 14.9. The van der Waals surface area contributed by atoms with Crippen molar-refractivity contribution in [1.82, 2.24) is 0 Å². The van der Waals surface area contributed by atoms with E-state index in [4.69, 9.17) is 21.9 Å². The topological polar surface area (TPSA) is 72.5 Å². The number of nitrogens with two attached hydrogens (primary N) is 1. The molecule has 0 aromatic heterocycles. The van der Waals surface area contributed by atoms with Crippen molar-refractivity contribution in [2.75, 3.05) is 5.73 Å². The van der Waals surface area contributed by atoms with Crippen LogP contribution < -0.4 is 15.6 Å². The number of alkyl halides is 1. The summed E-state index contributed by atoms with van der Waals surface area (Å²) in [7, 11) is -3.79. The van der Waals surface area contributed by atoms with Gasteiger partial charge in [0.1, 0.15) is 11.5 Å². The molecule has 6 heteroatoms. The molecule has 4 nitrogen and oxygen atoms in total. The fourth-order valence-electron chi connectivity index (χ4n) is 4.04. The Kier molecular flexibility index (Phi) is 4.58. The van der Waals surface area contributed by atoms with Crippen LogP contribution in [0.4, 0.5) is 5.69 Å². The molecule has 0 radical (unpaired) electrons. The van der Waals surface area contributed by atoms with Crippen molar-refractivity contribution in [3.05, 3.63) is 108 Å². The summed E-state index contributed by atoms with van der Waals surface area (Å²) in [5.41, 5.74) is 9.31. The van der Waals surface area contributed by atoms with Gasteiger partial charge in [-0.1, -0.05) is 72.3 Å². The molecule has 4 aromatic rings. The molecule has 1 aliphatic heterocycles. The average Bonchev–Trinajstić information content (AvgIpc) is 2.80. The number of anilines is 1. The van der Waals surface area contributed by atoms with Crippen LogP contribution in [0.15, 0.2) is 97.1 Å². The van der Waals surface area contributed by atoms with E-state index >= 15 is 0 Å². The summed E-state index contributed by atoms with van der Waals surface area (Å²) in [5.74, 6) is 0.609. The molecule has 0 fully saturated rings. The fraction of sp³-hybridized carbons (Fsp3) is 0.0400. The molecule has 2 unspecified atom stereocenters. The molecule has 4 aromatic carbocycles. The Morgan fingerprint density at radius 3 is 2.00 bits per heavy atom. The second kappa shape index (κ2) is 7.19. The normalized spacial score (nSPS) is 18.9. The van der Waals surface area contributed by atoms with Crippen LogP contribution in [0.2, 0.25) is 0 Å². The molecule has 0 saturated heterocycles. The highest BCUT2D eigenvalue weighted by Crippen LogP contribution is 2.71. The van der Waals surface area contributed by atoms with Crippen LogP contribution in [0.25, 0.3) is 11.1 Å². The number of fused-ring (bicyclic) bond motifs is 3. The summed E-state index contributed by atoms with van der Waals surface area (Å²) in [4.78, 5) is 0. The number of halogens is 1. The molecule has 2 atom stereocenters. The maximum atomic E-state index is 15.0. The fourth-order valence-corrected chi connectivity index (χ4v) is 7.43. The van der Waals surface area contributed by atoms with Gasteiger partial charge in [0.2, 0.25) is 0 Å². The van der Waals surface area contributed by atoms with Gasteiger partial charge in [-0.3, -0.25) is 4.57 Å². The number of hydrogen-bond donors (Lipinski definition) is 2. The minimum atomic E-state index is -3.79. The Bertz CT molecular complexity index is 1270. The quantitative estimate of drug-likeness (QED) is 0.227. The number of aromatic hydroxyl groups is 1. The predicted octanol–water partition coefficient (Wildman–Crippen LogP) is 6.08. The van der Waals surface area contributed by atoms with Crippen LogP contribution in [0.5, 0.6) is 11.5 Å². The van der Waals surface area contributed by atoms with Gasteiger partial charge in [0.25, 0.3) is 0 Å². The van der Waals surface area contributed by atoms with Gasteiger partial charge < -0.3 is 15.4 Å². The van der Waals surface area contributed by atoms with E-state index < -0.39 is 12.0 Å². The minimum absolute atomic E-state index is 0.0914. The van der Waals surface area contributed by atoms with Crippen molar-refractivity contribution in [3.63, 3.8) is 0 Å². The zero-order valence-electron chi connectivity index (χ0n) is 16.4. The lowest BCUT2D eigenvalue weighted by Crippen LogP contribution is -2.32. The molecule has 0 spiro atoms. The first kappa shape index (κ1) is 19.7. The number of phenols is 1. The molecule has 0 aliphatic carbocycles. The second-order valence-corrected chi connectivity index (χ2v) is 10.7. The van der Waals surface area contributed by atoms with Crippen LogP contribution in [0, 0.1) is 0 Å². The van der Waals surface area contributed by atoms with E-state index in [1.54, 1.807) is 48.5 Å². The van der Waals surface area contributed by atoms with Crippen LogP contribution >= 0.6 is 19.0 Å². The molecule has 0 saturated carbocycles. The van der Waals surface area contributed by atoms with Crippen molar-refractivity contribution in [1.29, 1.82) is 0 Å². The first-order valence-corrected chi connectivity index (χ1v) is 11.8. The number of para-hydroxylation sites is 1. The lowest BCUT2D eigenvalue weighted by atomic mass is 10.0. The van der Waals surface area contributed by atoms with Gasteiger partial charge in [-0.05, 0) is 53.1 Å². The summed E-state index contributed by atoms with van der Waals surface area (Å²) in [6.07, 6.45) is 0. The minimum Gasteiger partial charge on any atom is -0.508 e. The molecule has 5 rings (SSSR count). The standard InChI is InChI=1S/C25H19ClNO3P/c26-25(17-9-13-19(27)14-10-17,18-11-15-20(28)16-12-18)31(29)24-8-4-2-6-22(24)21-5-1-3-7-23(21)30-31/h1-16,28H,27H2. The third kappa shape index (κ3) is 2.95. The van der Waals surface area contributed by atoms with Gasteiger partial charge in [0.05, 0.1) is 5.30 Å². The van der Waals surface area contributed by atoms with Gasteiger partial charge in [0, 0.05) is 11.3 Å². The lowest BCUT2D eigenvalue weighted by Gasteiger charge is -2.39. The Hall–Kier alpha value is -3.20. The third-order valence-corrected chi connectivity index (χ3v) is 9.48. The number of benzene rings is 4. The molecular weight excluding hydrogens is 429 g/mol. The van der Waals surface area contributed by atoms with Crippen LogP contribution in [0.1, 0.15) is 11.1 Å². The van der Waals surface area contributed by atoms with Gasteiger partial charge in [-0.2, -0.15) is 0 Å². The molecular formula is C25H19ClNO3P. The zero-order chi connectivity index (χ0) is 21.6. The number of phenolic OH excluding ortho intramolecular Hbond substituents is 1. The molecule has 0 amide bonds. The Morgan fingerprint density at radius 2 is 1.32 bits per heavy atom. The summed E-state index contributed by atoms with van der Waals surface area (Å²) in [5, 5.41) is 10.4.